The summed E-state index contributed by atoms with van der Waals surface area (Å²) >= 11 is 1.40. The fourth-order valence-corrected chi connectivity index (χ4v) is 3.71. The van der Waals surface area contributed by atoms with Crippen molar-refractivity contribution in [3.63, 3.8) is 0 Å². The first kappa shape index (κ1) is 21.1. The van der Waals surface area contributed by atoms with E-state index >= 15 is 0 Å². The number of anilines is 1. The summed E-state index contributed by atoms with van der Waals surface area (Å²) in [6.07, 6.45) is 0.683. The van der Waals surface area contributed by atoms with Gasteiger partial charge in [-0.1, -0.05) is 59.8 Å². The zero-order valence-electron chi connectivity index (χ0n) is 17.0. The second kappa shape index (κ2) is 10.2. The third kappa shape index (κ3) is 5.92. The van der Waals surface area contributed by atoms with Gasteiger partial charge in [0, 0.05) is 25.8 Å². The number of nitrogens with zero attached hydrogens (tertiary/aromatic N) is 3. The Morgan fingerprint density at radius 2 is 1.86 bits per heavy atom. The molecule has 1 N–H and O–H groups in total. The smallest absolute Gasteiger partial charge is 0.237 e. The second-order valence-corrected chi connectivity index (χ2v) is 8.13. The molecule has 0 aliphatic rings. The lowest BCUT2D eigenvalue weighted by molar-refractivity contribution is -0.115. The van der Waals surface area contributed by atoms with Crippen molar-refractivity contribution < 1.29 is 9.53 Å². The van der Waals surface area contributed by atoms with Gasteiger partial charge in [0.2, 0.25) is 5.91 Å². The van der Waals surface area contributed by atoms with E-state index in [0.29, 0.717) is 19.6 Å². The van der Waals surface area contributed by atoms with Crippen molar-refractivity contribution in [3.8, 4) is 0 Å². The number of rotatable bonds is 9. The van der Waals surface area contributed by atoms with Gasteiger partial charge in [-0.2, -0.15) is 0 Å². The van der Waals surface area contributed by atoms with E-state index in [-0.39, 0.29) is 11.2 Å². The molecule has 0 saturated carbocycles. The molecule has 0 saturated heterocycles. The van der Waals surface area contributed by atoms with Crippen molar-refractivity contribution in [2.24, 2.45) is 0 Å². The van der Waals surface area contributed by atoms with Crippen LogP contribution in [0.2, 0.25) is 0 Å². The van der Waals surface area contributed by atoms with Crippen molar-refractivity contribution in [2.45, 2.75) is 37.2 Å². The van der Waals surface area contributed by atoms with Crippen molar-refractivity contribution in [2.75, 3.05) is 19.0 Å². The van der Waals surface area contributed by atoms with E-state index in [1.165, 1.54) is 17.3 Å². The maximum atomic E-state index is 12.6. The number of hydrogen-bond acceptors (Lipinski definition) is 5. The third-order valence-corrected chi connectivity index (χ3v) is 5.57. The molecule has 29 heavy (non-hydrogen) atoms. The Bertz CT molecular complexity index is 926. The molecular formula is C22H26N4O2S. The highest BCUT2D eigenvalue weighted by Gasteiger charge is 2.20. The van der Waals surface area contributed by atoms with E-state index in [9.17, 15) is 4.79 Å². The van der Waals surface area contributed by atoms with Crippen LogP contribution >= 0.6 is 11.8 Å². The molecule has 1 atom stereocenters. The number of amides is 1. The molecule has 1 amide bonds. The summed E-state index contributed by atoms with van der Waals surface area (Å²) in [4.78, 5) is 12.6. The first-order valence-electron chi connectivity index (χ1n) is 9.56. The van der Waals surface area contributed by atoms with E-state index in [0.717, 1.165) is 22.2 Å². The zero-order chi connectivity index (χ0) is 20.6. The van der Waals surface area contributed by atoms with Crippen LogP contribution < -0.4 is 5.32 Å². The predicted molar refractivity (Wildman–Crippen MR) is 116 cm³/mol. The highest BCUT2D eigenvalue weighted by atomic mass is 32.2. The Labute approximate surface area is 175 Å². The minimum Gasteiger partial charge on any atom is -0.383 e. The molecule has 3 aromatic rings. The van der Waals surface area contributed by atoms with Gasteiger partial charge in [0.1, 0.15) is 5.82 Å². The quantitative estimate of drug-likeness (QED) is 0.541. The third-order valence-electron chi connectivity index (χ3n) is 4.49. The molecule has 1 heterocycles. The Balaban J connectivity index is 1.71. The van der Waals surface area contributed by atoms with Crippen LogP contribution in [0.15, 0.2) is 59.8 Å². The number of carbonyl (C=O) groups is 1. The van der Waals surface area contributed by atoms with E-state index < -0.39 is 0 Å². The Morgan fingerprint density at radius 1 is 1.14 bits per heavy atom. The van der Waals surface area contributed by atoms with Gasteiger partial charge in [-0.25, -0.2) is 0 Å². The number of aryl methyl sites for hydroxylation is 1. The monoisotopic (exact) mass is 410 g/mol. The Hall–Kier alpha value is -2.64. The second-order valence-electron chi connectivity index (χ2n) is 6.82. The topological polar surface area (TPSA) is 69.0 Å². The van der Waals surface area contributed by atoms with Crippen LogP contribution in [0.25, 0.3) is 0 Å². The van der Waals surface area contributed by atoms with Crippen molar-refractivity contribution in [1.82, 2.24) is 14.8 Å². The standard InChI is InChI=1S/C22H26N4O2S/c1-16-9-11-19(12-10-16)23-21(27)17(2)29-22-25-24-20(26(22)13-14-28-3)15-18-7-5-4-6-8-18/h4-12,17H,13-15H2,1-3H3,(H,23,27)/t17-/m0/s1. The molecule has 152 valence electrons. The van der Waals surface area contributed by atoms with Crippen LogP contribution in [0.3, 0.4) is 0 Å². The molecule has 2 aromatic carbocycles. The first-order chi connectivity index (χ1) is 14.1. The van der Waals surface area contributed by atoms with Gasteiger partial charge >= 0.3 is 0 Å². The van der Waals surface area contributed by atoms with Crippen molar-refractivity contribution in [1.29, 1.82) is 0 Å². The van der Waals surface area contributed by atoms with E-state index in [4.69, 9.17) is 4.74 Å². The minimum absolute atomic E-state index is 0.0650. The maximum absolute atomic E-state index is 12.6. The van der Waals surface area contributed by atoms with Crippen LogP contribution in [0, 0.1) is 6.92 Å². The number of aromatic nitrogens is 3. The summed E-state index contributed by atoms with van der Waals surface area (Å²) in [5.74, 6) is 0.798. The molecule has 0 radical (unpaired) electrons. The minimum atomic E-state index is -0.314. The van der Waals surface area contributed by atoms with Gasteiger partial charge in [-0.05, 0) is 31.5 Å². The lowest BCUT2D eigenvalue weighted by Gasteiger charge is -2.14. The van der Waals surface area contributed by atoms with Crippen molar-refractivity contribution >= 4 is 23.4 Å². The Morgan fingerprint density at radius 3 is 2.55 bits per heavy atom. The summed E-state index contributed by atoms with van der Waals surface area (Å²) < 4.78 is 7.29. The maximum Gasteiger partial charge on any atom is 0.237 e. The first-order valence-corrected chi connectivity index (χ1v) is 10.4. The summed E-state index contributed by atoms with van der Waals surface area (Å²) in [5, 5.41) is 12.1. The average Bonchev–Trinajstić information content (AvgIpc) is 3.09. The van der Waals surface area contributed by atoms with Crippen LogP contribution in [0.5, 0.6) is 0 Å². The fourth-order valence-electron chi connectivity index (χ4n) is 2.81. The van der Waals surface area contributed by atoms with Crippen LogP contribution in [-0.2, 0) is 22.5 Å². The van der Waals surface area contributed by atoms with Crippen LogP contribution in [0.1, 0.15) is 23.9 Å². The number of hydrogen-bond donors (Lipinski definition) is 1. The molecule has 0 unspecified atom stereocenters. The summed E-state index contributed by atoms with van der Waals surface area (Å²) in [7, 11) is 1.67. The highest BCUT2D eigenvalue weighted by molar-refractivity contribution is 8.00. The summed E-state index contributed by atoms with van der Waals surface area (Å²) in [6.45, 7) is 5.09. The van der Waals surface area contributed by atoms with Crippen molar-refractivity contribution in [3.05, 3.63) is 71.5 Å². The number of thioether (sulfide) groups is 1. The molecule has 0 bridgehead atoms. The van der Waals surface area contributed by atoms with E-state index in [1.807, 2.05) is 60.9 Å². The normalized spacial score (nSPS) is 12.0. The van der Waals surface area contributed by atoms with Gasteiger partial charge in [-0.3, -0.25) is 4.79 Å². The molecule has 0 aliphatic heterocycles. The average molecular weight is 411 g/mol. The number of carbonyl (C=O) groups excluding carboxylic acids is 1. The number of nitrogens with one attached hydrogen (secondary N) is 1. The van der Waals surface area contributed by atoms with Gasteiger partial charge < -0.3 is 14.6 Å². The predicted octanol–water partition coefficient (Wildman–Crippen LogP) is 3.94. The van der Waals surface area contributed by atoms with Gasteiger partial charge in [-0.15, -0.1) is 10.2 Å². The lowest BCUT2D eigenvalue weighted by atomic mass is 10.1. The zero-order valence-corrected chi connectivity index (χ0v) is 17.8. The molecular weight excluding hydrogens is 384 g/mol. The van der Waals surface area contributed by atoms with Crippen LogP contribution in [-0.4, -0.2) is 39.6 Å². The number of ether oxygens (including phenoxy) is 1. The fraction of sp³-hybridized carbons (Fsp3) is 0.318. The Kier molecular flexibility index (Phi) is 7.43. The SMILES string of the molecule is COCCn1c(Cc2ccccc2)nnc1S[C@@H](C)C(=O)Nc1ccc(C)cc1. The molecule has 0 aliphatic carbocycles. The molecule has 3 rings (SSSR count). The van der Waals surface area contributed by atoms with Gasteiger partial charge in [0.05, 0.1) is 11.9 Å². The van der Waals surface area contributed by atoms with Crippen LogP contribution in [0.4, 0.5) is 5.69 Å². The molecule has 6 nitrogen and oxygen atoms in total. The largest absolute Gasteiger partial charge is 0.383 e. The number of methoxy groups -OCH3 is 1. The van der Waals surface area contributed by atoms with Gasteiger partial charge in [0.25, 0.3) is 0 Å². The lowest BCUT2D eigenvalue weighted by Crippen LogP contribution is -2.23. The summed E-state index contributed by atoms with van der Waals surface area (Å²) in [6, 6.07) is 17.9. The van der Waals surface area contributed by atoms with E-state index in [2.05, 4.69) is 27.6 Å². The molecule has 7 heteroatoms. The number of benzene rings is 2. The summed E-state index contributed by atoms with van der Waals surface area (Å²) in [5.41, 5.74) is 3.11. The molecule has 0 spiro atoms. The molecule has 1 aromatic heterocycles. The van der Waals surface area contributed by atoms with Gasteiger partial charge in [0.15, 0.2) is 5.16 Å². The highest BCUT2D eigenvalue weighted by Crippen LogP contribution is 2.24. The van der Waals surface area contributed by atoms with E-state index in [1.54, 1.807) is 7.11 Å². The molecule has 0 fully saturated rings.